The second-order valence-electron chi connectivity index (χ2n) is 9.68. The Morgan fingerprint density at radius 1 is 1.02 bits per heavy atom. The number of hydrazone groups is 1. The molecule has 0 unspecified atom stereocenters. The largest absolute Gasteiger partial charge is 0.494 e. The molecule has 218 valence electrons. The highest BCUT2D eigenvalue weighted by Crippen LogP contribution is 2.42. The van der Waals surface area contributed by atoms with Gasteiger partial charge in [0.1, 0.15) is 0 Å². The Bertz CT molecular complexity index is 1760. The molecular formula is C29H25Cl2FN4O4S2. The van der Waals surface area contributed by atoms with Crippen molar-refractivity contribution in [2.75, 3.05) is 38.4 Å². The van der Waals surface area contributed by atoms with Crippen molar-refractivity contribution in [2.24, 2.45) is 5.10 Å². The molecule has 13 heteroatoms. The highest BCUT2D eigenvalue weighted by atomic mass is 35.5. The zero-order valence-electron chi connectivity index (χ0n) is 22.3. The minimum absolute atomic E-state index is 0.153. The fraction of sp³-hybridized carbons (Fsp3) is 0.241. The lowest BCUT2D eigenvalue weighted by Gasteiger charge is -2.26. The maximum Gasteiger partial charge on any atom is 0.243 e. The van der Waals surface area contributed by atoms with Crippen LogP contribution in [-0.2, 0) is 14.8 Å². The van der Waals surface area contributed by atoms with Crippen molar-refractivity contribution in [2.45, 2.75) is 17.4 Å². The number of hydrogen-bond acceptors (Lipinski definition) is 8. The van der Waals surface area contributed by atoms with Gasteiger partial charge in [-0.2, -0.15) is 9.41 Å². The van der Waals surface area contributed by atoms with E-state index in [1.54, 1.807) is 53.5 Å². The Kier molecular flexibility index (Phi) is 8.23. The van der Waals surface area contributed by atoms with Crippen LogP contribution in [0.5, 0.6) is 5.75 Å². The summed E-state index contributed by atoms with van der Waals surface area (Å²) in [7, 11) is -2.18. The number of anilines is 1. The first-order chi connectivity index (χ1) is 20.2. The molecule has 8 nitrogen and oxygen atoms in total. The fourth-order valence-electron chi connectivity index (χ4n) is 4.96. The molecule has 0 saturated carbocycles. The van der Waals surface area contributed by atoms with Crippen molar-refractivity contribution in [3.63, 3.8) is 0 Å². The van der Waals surface area contributed by atoms with Crippen LogP contribution in [0.1, 0.15) is 23.6 Å². The fourth-order valence-corrected chi connectivity index (χ4v) is 7.73. The van der Waals surface area contributed by atoms with Crippen molar-refractivity contribution < 1.29 is 22.3 Å². The number of morpholine rings is 1. The third-order valence-corrected chi connectivity index (χ3v) is 10.5. The maximum absolute atomic E-state index is 14.6. The van der Waals surface area contributed by atoms with Gasteiger partial charge in [0.15, 0.2) is 11.6 Å². The van der Waals surface area contributed by atoms with E-state index in [9.17, 15) is 12.8 Å². The van der Waals surface area contributed by atoms with Gasteiger partial charge in [-0.15, -0.1) is 11.3 Å². The quantitative estimate of drug-likeness (QED) is 0.224. The minimum Gasteiger partial charge on any atom is -0.494 e. The predicted molar refractivity (Wildman–Crippen MR) is 163 cm³/mol. The summed E-state index contributed by atoms with van der Waals surface area (Å²) in [5.74, 6) is -0.326. The van der Waals surface area contributed by atoms with Crippen molar-refractivity contribution in [1.29, 1.82) is 0 Å². The van der Waals surface area contributed by atoms with E-state index in [-0.39, 0.29) is 16.7 Å². The molecule has 42 heavy (non-hydrogen) atoms. The normalized spacial score (nSPS) is 17.9. The molecule has 0 bridgehead atoms. The molecule has 4 aromatic rings. The van der Waals surface area contributed by atoms with Crippen LogP contribution in [-0.4, -0.2) is 56.8 Å². The molecule has 1 fully saturated rings. The summed E-state index contributed by atoms with van der Waals surface area (Å²) in [4.78, 5) is 5.06. The number of halogens is 3. The van der Waals surface area contributed by atoms with Gasteiger partial charge in [-0.1, -0.05) is 41.4 Å². The zero-order chi connectivity index (χ0) is 29.4. The lowest BCUT2D eigenvalue weighted by atomic mass is 9.98. The number of rotatable bonds is 7. The van der Waals surface area contributed by atoms with E-state index in [1.807, 2.05) is 11.4 Å². The predicted octanol–water partition coefficient (Wildman–Crippen LogP) is 6.64. The number of nitrogens with zero attached hydrogens (tertiary/aromatic N) is 4. The van der Waals surface area contributed by atoms with Gasteiger partial charge in [0.2, 0.25) is 15.2 Å². The first-order valence-corrected chi connectivity index (χ1v) is 16.1. The van der Waals surface area contributed by atoms with E-state index in [4.69, 9.17) is 42.8 Å². The van der Waals surface area contributed by atoms with Crippen LogP contribution in [0.2, 0.25) is 10.0 Å². The highest BCUT2D eigenvalue weighted by molar-refractivity contribution is 7.89. The van der Waals surface area contributed by atoms with E-state index >= 15 is 0 Å². The lowest BCUT2D eigenvalue weighted by molar-refractivity contribution is 0.0730. The van der Waals surface area contributed by atoms with E-state index < -0.39 is 15.8 Å². The monoisotopic (exact) mass is 646 g/mol. The topological polar surface area (TPSA) is 84.3 Å². The van der Waals surface area contributed by atoms with Crippen molar-refractivity contribution >= 4 is 55.4 Å². The first kappa shape index (κ1) is 29.0. The van der Waals surface area contributed by atoms with Gasteiger partial charge >= 0.3 is 0 Å². The number of hydrogen-bond donors (Lipinski definition) is 0. The standard InChI is InChI=1S/C29H25Cl2FN4O4S2/c1-39-28-9-4-19(14-24(28)32)25-16-27(22-8-5-20(30)15-23(22)31)36(34-25)29-33-26(17-41-29)18-2-6-21(7-3-18)42(37,38)35-10-12-40-13-11-35/h2-9,14-15,17,27H,10-13,16H2,1H3/t27-/m0/s1. The van der Waals surface area contributed by atoms with Gasteiger partial charge < -0.3 is 9.47 Å². The van der Waals surface area contributed by atoms with Gasteiger partial charge in [0.05, 0.1) is 42.7 Å². The second-order valence-corrected chi connectivity index (χ2v) is 13.3. The molecule has 0 spiro atoms. The van der Waals surface area contributed by atoms with Crippen molar-refractivity contribution in [3.8, 4) is 17.0 Å². The minimum atomic E-state index is -3.60. The SMILES string of the molecule is COc1ccc(C2=NN(c3nc(-c4ccc(S(=O)(=O)N5CCOCC5)cc4)cs3)[C@H](c3ccc(Cl)cc3Cl)C2)cc1F. The van der Waals surface area contributed by atoms with Gasteiger partial charge in [-0.05, 0) is 48.0 Å². The van der Waals surface area contributed by atoms with Gasteiger partial charge in [-0.3, -0.25) is 0 Å². The third kappa shape index (κ3) is 5.64. The molecule has 1 atom stereocenters. The summed E-state index contributed by atoms with van der Waals surface area (Å²) in [5, 5.41) is 10.1. The van der Waals surface area contributed by atoms with E-state index in [2.05, 4.69) is 0 Å². The lowest BCUT2D eigenvalue weighted by Crippen LogP contribution is -2.40. The number of ether oxygens (including phenoxy) is 2. The molecular weight excluding hydrogens is 622 g/mol. The molecule has 1 saturated heterocycles. The Morgan fingerprint density at radius 2 is 1.76 bits per heavy atom. The molecule has 3 aromatic carbocycles. The zero-order valence-corrected chi connectivity index (χ0v) is 25.5. The summed E-state index contributed by atoms with van der Waals surface area (Å²) in [5.41, 5.74) is 3.54. The molecule has 2 aliphatic heterocycles. The average molecular weight is 648 g/mol. The number of sulfonamides is 1. The van der Waals surface area contributed by atoms with Crippen LogP contribution < -0.4 is 9.75 Å². The third-order valence-electron chi connectivity index (χ3n) is 7.16. The van der Waals surface area contributed by atoms with Gasteiger partial charge in [0, 0.05) is 46.1 Å². The summed E-state index contributed by atoms with van der Waals surface area (Å²) < 4.78 is 52.4. The van der Waals surface area contributed by atoms with E-state index in [0.29, 0.717) is 64.9 Å². The first-order valence-electron chi connectivity index (χ1n) is 13.0. The Labute approximate surface area is 257 Å². The molecule has 0 aliphatic carbocycles. The molecule has 3 heterocycles. The molecule has 2 aliphatic rings. The molecule has 1 aromatic heterocycles. The second kappa shape index (κ2) is 11.9. The number of aromatic nitrogens is 1. The smallest absolute Gasteiger partial charge is 0.243 e. The highest BCUT2D eigenvalue weighted by Gasteiger charge is 2.33. The number of thiazole rings is 1. The van der Waals surface area contributed by atoms with Crippen molar-refractivity contribution in [1.82, 2.24) is 9.29 Å². The van der Waals surface area contributed by atoms with Gasteiger partial charge in [0.25, 0.3) is 0 Å². The van der Waals surface area contributed by atoms with Crippen molar-refractivity contribution in [3.05, 3.63) is 93.0 Å². The number of methoxy groups -OCH3 is 1. The molecule has 0 amide bonds. The van der Waals surface area contributed by atoms with Crippen LogP contribution in [0.4, 0.5) is 9.52 Å². The Balaban J connectivity index is 1.32. The summed E-state index contributed by atoms with van der Waals surface area (Å²) in [6.45, 7) is 1.43. The van der Waals surface area contributed by atoms with Crippen LogP contribution in [0.15, 0.2) is 76.0 Å². The van der Waals surface area contributed by atoms with E-state index in [1.165, 1.54) is 28.8 Å². The van der Waals surface area contributed by atoms with Crippen LogP contribution >= 0.6 is 34.5 Å². The summed E-state index contributed by atoms with van der Waals surface area (Å²) >= 11 is 14.2. The Hall–Kier alpha value is -3.06. The molecule has 0 radical (unpaired) electrons. The van der Waals surface area contributed by atoms with Crippen LogP contribution in [0.3, 0.4) is 0 Å². The van der Waals surface area contributed by atoms with E-state index in [0.717, 1.165) is 11.1 Å². The average Bonchev–Trinajstić information content (AvgIpc) is 3.66. The maximum atomic E-state index is 14.6. The van der Waals surface area contributed by atoms with Gasteiger partial charge in [-0.25, -0.2) is 22.8 Å². The van der Waals surface area contributed by atoms with Crippen LogP contribution in [0.25, 0.3) is 11.3 Å². The molecule has 0 N–H and O–H groups in total. The summed E-state index contributed by atoms with van der Waals surface area (Å²) in [6.07, 6.45) is 0.454. The Morgan fingerprint density at radius 3 is 2.45 bits per heavy atom. The number of benzene rings is 3. The summed E-state index contributed by atoms with van der Waals surface area (Å²) in [6, 6.07) is 16.4. The molecule has 6 rings (SSSR count). The van der Waals surface area contributed by atoms with Crippen LogP contribution in [0, 0.1) is 5.82 Å².